The average molecular weight is 258 g/mol. The van der Waals surface area contributed by atoms with Gasteiger partial charge in [-0.3, -0.25) is 0 Å². The Morgan fingerprint density at radius 1 is 1.22 bits per heavy atom. The molecule has 0 radical (unpaired) electrons. The molecule has 0 saturated carbocycles. The van der Waals surface area contributed by atoms with Gasteiger partial charge in [-0.15, -0.1) is 0 Å². The van der Waals surface area contributed by atoms with Gasteiger partial charge in [0.1, 0.15) is 11.5 Å². The van der Waals surface area contributed by atoms with Crippen molar-refractivity contribution in [1.82, 2.24) is 0 Å². The summed E-state index contributed by atoms with van der Waals surface area (Å²) in [6, 6.07) is 6.56. The Balaban J connectivity index is 1.98. The number of ether oxygens (including phenoxy) is 1. The third-order valence-electron chi connectivity index (χ3n) is 3.34. The van der Waals surface area contributed by atoms with Gasteiger partial charge in [0.25, 0.3) is 0 Å². The summed E-state index contributed by atoms with van der Waals surface area (Å²) in [5, 5.41) is 0. The quantitative estimate of drug-likeness (QED) is 0.645. The number of benzene rings is 1. The molecule has 1 aromatic rings. The van der Waals surface area contributed by atoms with E-state index in [4.69, 9.17) is 4.74 Å². The lowest BCUT2D eigenvalue weighted by atomic mass is 9.87. The molecular weight excluding hydrogens is 240 g/mol. The molecule has 0 atom stereocenters. The first-order valence-corrected chi connectivity index (χ1v) is 7.25. The molecule has 0 saturated heterocycles. The Kier molecular flexibility index (Phi) is 2.78. The fourth-order valence-electron chi connectivity index (χ4n) is 2.20. The van der Waals surface area contributed by atoms with E-state index in [2.05, 4.69) is 51.1 Å². The number of hydrogen-bond donors (Lipinski definition) is 0. The van der Waals surface area contributed by atoms with Gasteiger partial charge >= 0.3 is 0 Å². The summed E-state index contributed by atoms with van der Waals surface area (Å²) >= 11 is 1.87. The van der Waals surface area contributed by atoms with E-state index in [1.54, 1.807) is 0 Å². The summed E-state index contributed by atoms with van der Waals surface area (Å²) in [4.78, 5) is 2.63. The van der Waals surface area contributed by atoms with Crippen LogP contribution in [0.4, 0.5) is 0 Å². The average Bonchev–Trinajstić information content (AvgIpc) is 2.34. The molecule has 18 heavy (non-hydrogen) atoms. The van der Waals surface area contributed by atoms with Gasteiger partial charge in [0, 0.05) is 4.91 Å². The third kappa shape index (κ3) is 2.10. The van der Waals surface area contributed by atoms with Crippen LogP contribution in [-0.4, -0.2) is 0 Å². The van der Waals surface area contributed by atoms with Crippen LogP contribution in [0.3, 0.4) is 0 Å². The highest BCUT2D eigenvalue weighted by Crippen LogP contribution is 2.46. The summed E-state index contributed by atoms with van der Waals surface area (Å²) < 4.78 is 5.98. The minimum atomic E-state index is 0.191. The molecule has 1 aliphatic heterocycles. The van der Waals surface area contributed by atoms with E-state index in [0.717, 1.165) is 24.4 Å². The van der Waals surface area contributed by atoms with Crippen molar-refractivity contribution >= 4 is 11.8 Å². The van der Waals surface area contributed by atoms with Crippen LogP contribution in [0.25, 0.3) is 0 Å². The molecule has 0 N–H and O–H groups in total. The molecule has 0 amide bonds. The second kappa shape index (κ2) is 4.20. The molecular formula is C16H18OS. The van der Waals surface area contributed by atoms with Crippen LogP contribution >= 0.6 is 11.8 Å². The van der Waals surface area contributed by atoms with E-state index in [1.165, 1.54) is 15.4 Å². The summed E-state index contributed by atoms with van der Waals surface area (Å²) in [7, 11) is 0. The van der Waals surface area contributed by atoms with Crippen LogP contribution in [0.5, 0.6) is 5.75 Å². The van der Waals surface area contributed by atoms with Gasteiger partial charge in [-0.2, -0.15) is 0 Å². The number of allylic oxidation sites excluding steroid dienone is 3. The van der Waals surface area contributed by atoms with E-state index < -0.39 is 0 Å². The molecule has 1 aromatic carbocycles. The second-order valence-electron chi connectivity index (χ2n) is 5.84. The summed E-state index contributed by atoms with van der Waals surface area (Å²) in [5.74, 6) is 2.04. The molecule has 2 heteroatoms. The Morgan fingerprint density at radius 3 is 2.83 bits per heavy atom. The number of fused-ring (bicyclic) bond motifs is 1. The summed E-state index contributed by atoms with van der Waals surface area (Å²) in [5.41, 5.74) is 1.56. The zero-order valence-corrected chi connectivity index (χ0v) is 11.9. The van der Waals surface area contributed by atoms with Crippen molar-refractivity contribution in [2.75, 3.05) is 0 Å². The molecule has 0 bridgehead atoms. The van der Waals surface area contributed by atoms with Crippen LogP contribution in [-0.2, 0) is 5.41 Å². The monoisotopic (exact) mass is 258 g/mol. The first-order valence-electron chi connectivity index (χ1n) is 6.44. The fourth-order valence-corrected chi connectivity index (χ4v) is 3.29. The van der Waals surface area contributed by atoms with E-state index in [0.29, 0.717) is 0 Å². The Labute approximate surface area is 113 Å². The highest BCUT2D eigenvalue weighted by atomic mass is 32.2. The van der Waals surface area contributed by atoms with Crippen molar-refractivity contribution in [3.05, 3.63) is 46.6 Å². The lowest BCUT2D eigenvalue weighted by molar-refractivity contribution is 0.422. The lowest BCUT2D eigenvalue weighted by Crippen LogP contribution is -2.12. The second-order valence-corrected chi connectivity index (χ2v) is 6.98. The number of thioether (sulfide) groups is 1. The van der Waals surface area contributed by atoms with E-state index >= 15 is 0 Å². The van der Waals surface area contributed by atoms with E-state index in [-0.39, 0.29) is 5.41 Å². The minimum Gasteiger partial charge on any atom is -0.455 e. The van der Waals surface area contributed by atoms with Gasteiger partial charge in [0.15, 0.2) is 0 Å². The molecule has 0 unspecified atom stereocenters. The van der Waals surface area contributed by atoms with Crippen LogP contribution in [0.2, 0.25) is 0 Å². The molecule has 0 fully saturated rings. The summed E-state index contributed by atoms with van der Waals surface area (Å²) in [6.45, 7) is 6.74. The van der Waals surface area contributed by atoms with Gasteiger partial charge < -0.3 is 4.74 Å². The van der Waals surface area contributed by atoms with E-state index in [1.807, 2.05) is 11.8 Å². The Morgan fingerprint density at radius 2 is 2.06 bits per heavy atom. The molecule has 1 nitrogen and oxygen atoms in total. The highest BCUT2D eigenvalue weighted by molar-refractivity contribution is 8.03. The molecule has 1 aliphatic carbocycles. The van der Waals surface area contributed by atoms with Gasteiger partial charge in [-0.05, 0) is 42.0 Å². The van der Waals surface area contributed by atoms with Crippen molar-refractivity contribution in [3.63, 3.8) is 0 Å². The van der Waals surface area contributed by atoms with Crippen LogP contribution in [0.15, 0.2) is 45.9 Å². The predicted octanol–water partition coefficient (Wildman–Crippen LogP) is 5.03. The fraction of sp³-hybridized carbons (Fsp3) is 0.375. The smallest absolute Gasteiger partial charge is 0.141 e. The van der Waals surface area contributed by atoms with Crippen molar-refractivity contribution in [2.24, 2.45) is 0 Å². The zero-order chi connectivity index (χ0) is 12.8. The lowest BCUT2D eigenvalue weighted by Gasteiger charge is -2.26. The van der Waals surface area contributed by atoms with Crippen LogP contribution in [0, 0.1) is 0 Å². The first-order chi connectivity index (χ1) is 8.54. The SMILES string of the molecule is CC(C)(C)c1ccc2c(c1)SC1=C(C=CCC1)O2. The Bertz CT molecular complexity index is 547. The van der Waals surface area contributed by atoms with Crippen LogP contribution < -0.4 is 4.74 Å². The van der Waals surface area contributed by atoms with Crippen molar-refractivity contribution in [2.45, 2.75) is 43.9 Å². The molecule has 2 aliphatic rings. The minimum absolute atomic E-state index is 0.191. The molecule has 1 heterocycles. The maximum absolute atomic E-state index is 5.98. The number of rotatable bonds is 0. The zero-order valence-electron chi connectivity index (χ0n) is 11.1. The highest BCUT2D eigenvalue weighted by Gasteiger charge is 2.23. The predicted molar refractivity (Wildman–Crippen MR) is 77.0 cm³/mol. The molecule has 94 valence electrons. The van der Waals surface area contributed by atoms with Gasteiger partial charge in [-0.25, -0.2) is 0 Å². The standard InChI is InChI=1S/C16H18OS/c1-16(2,3)11-8-9-13-15(10-11)18-14-7-5-4-6-12(14)17-13/h4,6,8-10H,5,7H2,1-3H3. The first kappa shape index (κ1) is 11.9. The molecule has 3 rings (SSSR count). The van der Waals surface area contributed by atoms with Gasteiger partial charge in [0.05, 0.1) is 4.90 Å². The van der Waals surface area contributed by atoms with Crippen LogP contribution in [0.1, 0.15) is 39.2 Å². The summed E-state index contributed by atoms with van der Waals surface area (Å²) in [6.07, 6.45) is 6.53. The Hall–Kier alpha value is -1.15. The van der Waals surface area contributed by atoms with Crippen molar-refractivity contribution < 1.29 is 4.74 Å². The molecule has 0 aromatic heterocycles. The van der Waals surface area contributed by atoms with Crippen molar-refractivity contribution in [3.8, 4) is 5.75 Å². The maximum atomic E-state index is 5.98. The third-order valence-corrected chi connectivity index (χ3v) is 4.54. The number of hydrogen-bond acceptors (Lipinski definition) is 2. The van der Waals surface area contributed by atoms with Crippen molar-refractivity contribution in [1.29, 1.82) is 0 Å². The largest absolute Gasteiger partial charge is 0.455 e. The van der Waals surface area contributed by atoms with Gasteiger partial charge in [0.2, 0.25) is 0 Å². The van der Waals surface area contributed by atoms with Gasteiger partial charge in [-0.1, -0.05) is 44.7 Å². The topological polar surface area (TPSA) is 9.23 Å². The van der Waals surface area contributed by atoms with E-state index in [9.17, 15) is 0 Å². The normalized spacial score (nSPS) is 18.2. The maximum Gasteiger partial charge on any atom is 0.141 e. The molecule has 0 spiro atoms.